The molecule has 3 aromatic rings. The fourth-order valence-corrected chi connectivity index (χ4v) is 3.62. The molecule has 1 saturated heterocycles. The fraction of sp³-hybridized carbons (Fsp3) is 0.222. The second kappa shape index (κ2) is 7.50. The number of hydrogen-bond donors (Lipinski definition) is 0. The first kappa shape index (κ1) is 17.7. The van der Waals surface area contributed by atoms with Gasteiger partial charge in [-0.15, -0.1) is 0 Å². The van der Waals surface area contributed by atoms with Gasteiger partial charge < -0.3 is 14.2 Å². The highest BCUT2D eigenvalue weighted by molar-refractivity contribution is 7.08. The van der Waals surface area contributed by atoms with E-state index >= 15 is 0 Å². The minimum absolute atomic E-state index is 0.0371. The number of anilines is 1. The van der Waals surface area contributed by atoms with Crippen molar-refractivity contribution in [1.29, 1.82) is 0 Å². The van der Waals surface area contributed by atoms with E-state index in [4.69, 9.17) is 20.9 Å². The molecule has 1 aromatic carbocycles. The standard InChI is InChI=1S/C18H14ClN3O4S/c19-12-3-4-13(14(8-12)22-6-1-2-16(22)23)18(24)25-9-15-20-17(26-21-15)11-5-7-27-10-11/h3-5,7-8,10H,1-2,6,9H2. The fourth-order valence-electron chi connectivity index (χ4n) is 2.83. The Morgan fingerprint density at radius 2 is 2.26 bits per heavy atom. The third-order valence-corrected chi connectivity index (χ3v) is 5.03. The van der Waals surface area contributed by atoms with Gasteiger partial charge in [0.1, 0.15) is 0 Å². The summed E-state index contributed by atoms with van der Waals surface area (Å²) in [6.45, 7) is 0.413. The number of benzene rings is 1. The van der Waals surface area contributed by atoms with Crippen LogP contribution in [0.15, 0.2) is 39.5 Å². The number of aromatic nitrogens is 2. The highest BCUT2D eigenvalue weighted by atomic mass is 35.5. The molecule has 0 unspecified atom stereocenters. The van der Waals surface area contributed by atoms with Gasteiger partial charge in [-0.25, -0.2) is 4.79 Å². The van der Waals surface area contributed by atoms with E-state index in [-0.39, 0.29) is 23.9 Å². The van der Waals surface area contributed by atoms with Crippen molar-refractivity contribution in [1.82, 2.24) is 10.1 Å². The van der Waals surface area contributed by atoms with Crippen molar-refractivity contribution in [3.63, 3.8) is 0 Å². The van der Waals surface area contributed by atoms with E-state index in [1.54, 1.807) is 23.1 Å². The van der Waals surface area contributed by atoms with Crippen LogP contribution in [-0.2, 0) is 16.1 Å². The maximum atomic E-state index is 12.6. The van der Waals surface area contributed by atoms with Gasteiger partial charge in [-0.05, 0) is 36.1 Å². The number of thiophene rings is 1. The number of hydrogen-bond acceptors (Lipinski definition) is 7. The molecule has 0 saturated carbocycles. The highest BCUT2D eigenvalue weighted by Gasteiger charge is 2.27. The van der Waals surface area contributed by atoms with Gasteiger partial charge in [-0.1, -0.05) is 16.8 Å². The average molecular weight is 404 g/mol. The van der Waals surface area contributed by atoms with Crippen molar-refractivity contribution in [3.8, 4) is 11.5 Å². The molecule has 4 rings (SSSR count). The van der Waals surface area contributed by atoms with Crippen LogP contribution in [-0.4, -0.2) is 28.6 Å². The lowest BCUT2D eigenvalue weighted by Crippen LogP contribution is -2.26. The van der Waals surface area contributed by atoms with Crippen LogP contribution in [0.2, 0.25) is 5.02 Å². The van der Waals surface area contributed by atoms with Crippen LogP contribution >= 0.6 is 22.9 Å². The van der Waals surface area contributed by atoms with Gasteiger partial charge in [0.05, 0.1) is 16.8 Å². The molecule has 138 valence electrons. The second-order valence-corrected chi connectivity index (χ2v) is 7.13. The van der Waals surface area contributed by atoms with Gasteiger partial charge in [-0.2, -0.15) is 16.3 Å². The third-order valence-electron chi connectivity index (χ3n) is 4.11. The molecule has 1 aliphatic heterocycles. The maximum Gasteiger partial charge on any atom is 0.340 e. The number of esters is 1. The number of amides is 1. The highest BCUT2D eigenvalue weighted by Crippen LogP contribution is 2.29. The molecule has 0 spiro atoms. The van der Waals surface area contributed by atoms with Gasteiger partial charge in [0.25, 0.3) is 5.89 Å². The molecule has 7 nitrogen and oxygen atoms in total. The monoisotopic (exact) mass is 403 g/mol. The van der Waals surface area contributed by atoms with Gasteiger partial charge in [0, 0.05) is 23.4 Å². The predicted octanol–water partition coefficient (Wildman–Crippen LogP) is 3.94. The van der Waals surface area contributed by atoms with Crippen LogP contribution in [0.5, 0.6) is 0 Å². The SMILES string of the molecule is O=C(OCc1noc(-c2ccsc2)n1)c1ccc(Cl)cc1N1CCCC1=O. The topological polar surface area (TPSA) is 85.5 Å². The van der Waals surface area contributed by atoms with Crippen LogP contribution in [0.25, 0.3) is 11.5 Å². The van der Waals surface area contributed by atoms with Gasteiger partial charge in [-0.3, -0.25) is 4.79 Å². The van der Waals surface area contributed by atoms with E-state index in [2.05, 4.69) is 10.1 Å². The number of ether oxygens (including phenoxy) is 1. The van der Waals surface area contributed by atoms with E-state index in [9.17, 15) is 9.59 Å². The van der Waals surface area contributed by atoms with Crippen LogP contribution < -0.4 is 4.90 Å². The molecule has 1 amide bonds. The Hall–Kier alpha value is -2.71. The van der Waals surface area contributed by atoms with Gasteiger partial charge in [0.2, 0.25) is 11.7 Å². The summed E-state index contributed by atoms with van der Waals surface area (Å²) in [4.78, 5) is 30.4. The first-order valence-corrected chi connectivity index (χ1v) is 9.56. The van der Waals surface area contributed by atoms with E-state index < -0.39 is 5.97 Å². The summed E-state index contributed by atoms with van der Waals surface area (Å²) in [7, 11) is 0. The number of halogens is 1. The molecule has 0 aliphatic carbocycles. The van der Waals surface area contributed by atoms with E-state index in [1.165, 1.54) is 11.3 Å². The van der Waals surface area contributed by atoms with E-state index in [0.717, 1.165) is 12.0 Å². The minimum atomic E-state index is -0.580. The lowest BCUT2D eigenvalue weighted by atomic mass is 10.1. The summed E-state index contributed by atoms with van der Waals surface area (Å²) in [6.07, 6.45) is 1.20. The minimum Gasteiger partial charge on any atom is -0.454 e. The normalized spacial score (nSPS) is 14.0. The third kappa shape index (κ3) is 3.72. The van der Waals surface area contributed by atoms with Crippen molar-refractivity contribution in [3.05, 3.63) is 51.4 Å². The molecular formula is C18H14ClN3O4S. The molecule has 1 fully saturated rings. The quantitative estimate of drug-likeness (QED) is 0.600. The number of rotatable bonds is 5. The van der Waals surface area contributed by atoms with Crippen LogP contribution in [0.4, 0.5) is 5.69 Å². The van der Waals surface area contributed by atoms with Crippen molar-refractivity contribution in [2.45, 2.75) is 19.4 Å². The van der Waals surface area contributed by atoms with E-state index in [0.29, 0.717) is 29.6 Å². The van der Waals surface area contributed by atoms with Crippen LogP contribution in [0.1, 0.15) is 29.0 Å². The molecule has 27 heavy (non-hydrogen) atoms. The Morgan fingerprint density at radius 1 is 1.37 bits per heavy atom. The summed E-state index contributed by atoms with van der Waals surface area (Å²) >= 11 is 7.57. The van der Waals surface area contributed by atoms with Crippen LogP contribution in [0, 0.1) is 0 Å². The zero-order valence-corrected chi connectivity index (χ0v) is 15.6. The molecular weight excluding hydrogens is 390 g/mol. The van der Waals surface area contributed by atoms with Gasteiger partial charge in [0.15, 0.2) is 6.61 Å². The first-order valence-electron chi connectivity index (χ1n) is 8.24. The number of carbonyl (C=O) groups excluding carboxylic acids is 2. The Labute approximate surface area is 163 Å². The van der Waals surface area contributed by atoms with Crippen molar-refractivity contribution < 1.29 is 18.8 Å². The van der Waals surface area contributed by atoms with Crippen molar-refractivity contribution >= 4 is 40.5 Å². The van der Waals surface area contributed by atoms with Crippen LogP contribution in [0.3, 0.4) is 0 Å². The summed E-state index contributed by atoms with van der Waals surface area (Å²) in [5.41, 5.74) is 1.55. The zero-order valence-electron chi connectivity index (χ0n) is 14.1. The number of nitrogens with zero attached hydrogens (tertiary/aromatic N) is 3. The lowest BCUT2D eigenvalue weighted by molar-refractivity contribution is -0.117. The average Bonchev–Trinajstić information content (AvgIpc) is 3.40. The summed E-state index contributed by atoms with van der Waals surface area (Å²) in [6, 6.07) is 6.61. The Bertz CT molecular complexity index is 986. The van der Waals surface area contributed by atoms with E-state index in [1.807, 2.05) is 16.8 Å². The summed E-state index contributed by atoms with van der Waals surface area (Å²) in [5, 5.41) is 8.05. The summed E-state index contributed by atoms with van der Waals surface area (Å²) < 4.78 is 10.5. The van der Waals surface area contributed by atoms with Crippen molar-refractivity contribution in [2.75, 3.05) is 11.4 Å². The first-order chi connectivity index (χ1) is 13.1. The largest absolute Gasteiger partial charge is 0.454 e. The Morgan fingerprint density at radius 3 is 3.00 bits per heavy atom. The molecule has 9 heteroatoms. The predicted molar refractivity (Wildman–Crippen MR) is 99.8 cm³/mol. The molecule has 2 aromatic heterocycles. The molecule has 0 bridgehead atoms. The molecule has 0 radical (unpaired) electrons. The van der Waals surface area contributed by atoms with Crippen molar-refractivity contribution in [2.24, 2.45) is 0 Å². The molecule has 3 heterocycles. The molecule has 1 aliphatic rings. The summed E-state index contributed by atoms with van der Waals surface area (Å²) in [5.74, 6) is 0.0163. The zero-order chi connectivity index (χ0) is 18.8. The molecule has 0 N–H and O–H groups in total. The second-order valence-electron chi connectivity index (χ2n) is 5.91. The van der Waals surface area contributed by atoms with Gasteiger partial charge >= 0.3 is 5.97 Å². The maximum absolute atomic E-state index is 12.6. The Balaban J connectivity index is 1.49. The molecule has 0 atom stereocenters. The number of carbonyl (C=O) groups is 2. The Kier molecular flexibility index (Phi) is 4.91. The lowest BCUT2D eigenvalue weighted by Gasteiger charge is -2.19. The smallest absolute Gasteiger partial charge is 0.340 e.